The van der Waals surface area contributed by atoms with E-state index in [0.717, 1.165) is 33.4 Å². The van der Waals surface area contributed by atoms with Gasteiger partial charge in [-0.15, -0.1) is 0 Å². The first-order valence-corrected chi connectivity index (χ1v) is 36.1. The highest BCUT2D eigenvalue weighted by Crippen LogP contribution is 2.50. The molecule has 0 radical (unpaired) electrons. The molecule has 0 heterocycles. The molecule has 0 fully saturated rings. The molecule has 518 valence electrons. The summed E-state index contributed by atoms with van der Waals surface area (Å²) in [6, 6.07) is 43.8. The van der Waals surface area contributed by atoms with Gasteiger partial charge in [0.25, 0.3) is 0 Å². The maximum Gasteiger partial charge on any atom is 0.107 e. The van der Waals surface area contributed by atoms with Gasteiger partial charge in [-0.1, -0.05) is 370 Å². The lowest BCUT2D eigenvalue weighted by atomic mass is 9.64. The van der Waals surface area contributed by atoms with Crippen LogP contribution in [0.2, 0.25) is 0 Å². The molecule has 0 atom stereocenters. The molecule has 0 aliphatic carbocycles. The van der Waals surface area contributed by atoms with Gasteiger partial charge in [-0.25, -0.2) is 0 Å². The Morgan fingerprint density at radius 2 is 0.204 bits per heavy atom. The zero-order valence-corrected chi connectivity index (χ0v) is 68.4. The highest BCUT2D eigenvalue weighted by molar-refractivity contribution is 5.67. The summed E-state index contributed by atoms with van der Waals surface area (Å²) in [5, 5.41) is 0. The summed E-state index contributed by atoms with van der Waals surface area (Å²) in [4.78, 5) is 0. The van der Waals surface area contributed by atoms with Crippen LogP contribution < -0.4 is 0 Å². The highest BCUT2D eigenvalue weighted by atomic mass is 14.4. The lowest BCUT2D eigenvalue weighted by Crippen LogP contribution is -2.32. The molecule has 0 bridgehead atoms. The van der Waals surface area contributed by atoms with Gasteiger partial charge < -0.3 is 0 Å². The molecule has 0 nitrogen and oxygen atoms in total. The standard InChI is InChI=1S/C98H126/c1-85(2,3)67-49-68(86(4,5)6)56-79(55-67)97(80-57-69(87(7,8)9)50-70(58-80)88(10,11)12,81-59-71(89(13,14)15)51-72(60-81)90(16,17)18)47-45-43-41-39-37-38-40-42-44-46-48-98(82-61-73(91(19,20)21)52-74(62-82)92(22,23)24,83-63-75(93(25,26)27)53-76(64-83)94(28,29)30)84-65-77(95(31,32)33)54-78(66-84)96(34,35)36/h49-66H,1-36H3. The Morgan fingerprint density at radius 1 is 0.122 bits per heavy atom. The third-order valence-corrected chi connectivity index (χ3v) is 19.7. The van der Waals surface area contributed by atoms with Crippen LogP contribution in [0.15, 0.2) is 109 Å². The number of rotatable bonds is 6. The second-order valence-electron chi connectivity index (χ2n) is 40.8. The van der Waals surface area contributed by atoms with Crippen LogP contribution in [0.5, 0.6) is 0 Å². The zero-order chi connectivity index (χ0) is 74.6. The van der Waals surface area contributed by atoms with E-state index in [9.17, 15) is 0 Å². The van der Waals surface area contributed by atoms with E-state index in [4.69, 9.17) is 0 Å². The minimum Gasteiger partial charge on any atom is -0.0677 e. The summed E-state index contributed by atoms with van der Waals surface area (Å²) >= 11 is 0. The Bertz CT molecular complexity index is 3520. The van der Waals surface area contributed by atoms with Crippen LogP contribution in [0.25, 0.3) is 0 Å². The fourth-order valence-corrected chi connectivity index (χ4v) is 12.2. The molecule has 0 aliphatic heterocycles. The van der Waals surface area contributed by atoms with Crippen LogP contribution in [-0.4, -0.2) is 0 Å². The SMILES string of the molecule is CC(C)(C)c1cc(C(C)(C)C)cc(C(C#CC#CC#CC#CC#CC#CC(c2cc(C(C)(C)C)cc(C(C)(C)C)c2)(c2cc(C(C)(C)C)cc(C(C)(C)C)c2)c2cc(C(C)(C)C)cc(C(C)(C)C)c2)(c2cc(C(C)(C)C)cc(C(C)(C)C)c2)c2cc(C(C)(C)C)cc(C(C)(C)C)c2)c1. The van der Waals surface area contributed by atoms with Gasteiger partial charge in [0.2, 0.25) is 0 Å². The third-order valence-electron chi connectivity index (χ3n) is 19.7. The van der Waals surface area contributed by atoms with Gasteiger partial charge in [-0.2, -0.15) is 0 Å². The van der Waals surface area contributed by atoms with Crippen molar-refractivity contribution in [1.29, 1.82) is 0 Å². The monoisotopic (exact) mass is 1300 g/mol. The molecule has 0 unspecified atom stereocenters. The van der Waals surface area contributed by atoms with E-state index < -0.39 is 10.8 Å². The van der Waals surface area contributed by atoms with E-state index in [0.29, 0.717) is 0 Å². The van der Waals surface area contributed by atoms with E-state index in [-0.39, 0.29) is 65.0 Å². The van der Waals surface area contributed by atoms with E-state index in [1.54, 1.807) is 0 Å². The molecule has 0 saturated heterocycles. The average molecular weight is 1300 g/mol. The Morgan fingerprint density at radius 3 is 0.296 bits per heavy atom. The summed E-state index contributed by atoms with van der Waals surface area (Å²) in [5.74, 6) is 40.0. The molecule has 6 aromatic carbocycles. The lowest BCUT2D eigenvalue weighted by molar-refractivity contribution is 0.556. The zero-order valence-electron chi connectivity index (χ0n) is 68.4. The molecule has 0 saturated carbocycles. The second-order valence-corrected chi connectivity index (χ2v) is 40.8. The van der Waals surface area contributed by atoms with Crippen molar-refractivity contribution in [3.63, 3.8) is 0 Å². The summed E-state index contributed by atoms with van der Waals surface area (Å²) in [6.45, 7) is 83.5. The molecule has 0 amide bonds. The van der Waals surface area contributed by atoms with Crippen molar-refractivity contribution in [2.24, 2.45) is 0 Å². The average Bonchev–Trinajstić information content (AvgIpc) is 0.731. The van der Waals surface area contributed by atoms with Crippen LogP contribution in [0.4, 0.5) is 0 Å². The molecule has 6 rings (SSSR count). The first-order valence-electron chi connectivity index (χ1n) is 36.1. The summed E-state index contributed by atoms with van der Waals surface area (Å²) in [6.07, 6.45) is 0. The minimum absolute atomic E-state index is 0.153. The van der Waals surface area contributed by atoms with E-state index in [2.05, 4.69) is 429 Å². The number of hydrogen-bond donors (Lipinski definition) is 0. The Hall–Kier alpha value is -7.32. The van der Waals surface area contributed by atoms with Crippen molar-refractivity contribution in [1.82, 2.24) is 0 Å². The van der Waals surface area contributed by atoms with E-state index in [1.807, 2.05) is 0 Å². The summed E-state index contributed by atoms with van der Waals surface area (Å²) < 4.78 is 0. The van der Waals surface area contributed by atoms with Crippen LogP contribution >= 0.6 is 0 Å². The Labute approximate surface area is 601 Å². The van der Waals surface area contributed by atoms with Gasteiger partial charge in [-0.05, 0) is 224 Å². The van der Waals surface area contributed by atoms with Crippen LogP contribution in [0.1, 0.15) is 349 Å². The molecule has 0 aliphatic rings. The van der Waals surface area contributed by atoms with Crippen molar-refractivity contribution in [2.45, 2.75) is 325 Å². The quantitative estimate of drug-likeness (QED) is 0.115. The van der Waals surface area contributed by atoms with Gasteiger partial charge in [0, 0.05) is 0 Å². The summed E-state index contributed by atoms with van der Waals surface area (Å²) in [5.41, 5.74) is 18.2. The van der Waals surface area contributed by atoms with Crippen LogP contribution in [-0.2, 0) is 75.8 Å². The Kier molecular flexibility index (Phi) is 22.2. The molecule has 0 aromatic heterocycles. The maximum atomic E-state index is 4.02. The van der Waals surface area contributed by atoms with Gasteiger partial charge in [0.05, 0.1) is 0 Å². The minimum atomic E-state index is -0.973. The molecule has 0 spiro atoms. The van der Waals surface area contributed by atoms with E-state index >= 15 is 0 Å². The van der Waals surface area contributed by atoms with Gasteiger partial charge >= 0.3 is 0 Å². The topological polar surface area (TPSA) is 0 Å². The van der Waals surface area contributed by atoms with Crippen molar-refractivity contribution in [3.8, 4) is 71.0 Å². The molecule has 0 N–H and O–H groups in total. The second kappa shape index (κ2) is 27.3. The predicted octanol–water partition coefficient (Wildman–Crippen LogP) is 24.6. The van der Waals surface area contributed by atoms with E-state index in [1.165, 1.54) is 66.8 Å². The van der Waals surface area contributed by atoms with Gasteiger partial charge in [-0.3, -0.25) is 0 Å². The van der Waals surface area contributed by atoms with Gasteiger partial charge in [0.15, 0.2) is 0 Å². The third kappa shape index (κ3) is 18.9. The first-order chi connectivity index (χ1) is 44.1. The first kappa shape index (κ1) is 79.7. The van der Waals surface area contributed by atoms with Crippen molar-refractivity contribution < 1.29 is 0 Å². The number of benzene rings is 6. The molecule has 0 heteroatoms. The molecular weight excluding hydrogens is 1180 g/mol. The highest BCUT2D eigenvalue weighted by Gasteiger charge is 2.43. The normalized spacial score (nSPS) is 13.2. The fraction of sp³-hybridized carbons (Fsp3) is 0.510. The largest absolute Gasteiger partial charge is 0.107 e. The van der Waals surface area contributed by atoms with Crippen molar-refractivity contribution >= 4 is 0 Å². The van der Waals surface area contributed by atoms with Gasteiger partial charge in [0.1, 0.15) is 10.8 Å². The van der Waals surface area contributed by atoms with Crippen molar-refractivity contribution in [2.75, 3.05) is 0 Å². The molecule has 98 heavy (non-hydrogen) atoms. The maximum absolute atomic E-state index is 4.02. The van der Waals surface area contributed by atoms with Crippen molar-refractivity contribution in [3.05, 3.63) is 209 Å². The van der Waals surface area contributed by atoms with Crippen LogP contribution in [0, 0.1) is 71.0 Å². The smallest absolute Gasteiger partial charge is 0.0677 e. The van der Waals surface area contributed by atoms with Crippen LogP contribution in [0.3, 0.4) is 0 Å². The molecular formula is C98H126. The Balaban J connectivity index is 1.72. The fourth-order valence-electron chi connectivity index (χ4n) is 12.2. The summed E-state index contributed by atoms with van der Waals surface area (Å²) in [7, 11) is 0. The lowest BCUT2D eigenvalue weighted by Gasteiger charge is -2.38. The number of hydrogen-bond acceptors (Lipinski definition) is 0. The predicted molar refractivity (Wildman–Crippen MR) is 429 cm³/mol. The molecule has 6 aromatic rings.